The van der Waals surface area contributed by atoms with E-state index >= 15 is 0 Å². The van der Waals surface area contributed by atoms with Crippen molar-refractivity contribution in [3.63, 3.8) is 0 Å². The molecule has 0 aliphatic rings. The molecule has 1 N–H and O–H groups in total. The number of nitrogens with one attached hydrogen (secondary N) is 1. The lowest BCUT2D eigenvalue weighted by Gasteiger charge is -2.10. The summed E-state index contributed by atoms with van der Waals surface area (Å²) in [5, 5.41) is 2.97. The Morgan fingerprint density at radius 2 is 1.92 bits per heavy atom. The van der Waals surface area contributed by atoms with Crippen LogP contribution in [-0.4, -0.2) is 12.5 Å². The minimum Gasteiger partial charge on any atom is -0.494 e. The van der Waals surface area contributed by atoms with Gasteiger partial charge in [-0.25, -0.2) is 0 Å². The fraction of sp³-hybridized carbons (Fsp3) is 0.136. The van der Waals surface area contributed by atoms with Crippen LogP contribution in [0.25, 0.3) is 11.6 Å². The molecule has 0 aliphatic carbocycles. The Morgan fingerprint density at radius 1 is 1.08 bits per heavy atom. The second-order valence-electron chi connectivity index (χ2n) is 5.70. The van der Waals surface area contributed by atoms with Gasteiger partial charge >= 0.3 is 0 Å². The molecule has 4 heteroatoms. The first-order chi connectivity index (χ1) is 12.8. The molecule has 1 heterocycles. The average molecular weight is 347 g/mol. The molecule has 1 aromatic heterocycles. The van der Waals surface area contributed by atoms with Gasteiger partial charge in [-0.3, -0.25) is 4.79 Å². The standard InChI is InChI=1S/C22H21NO3/c1-2-25-19-11-6-8-17(14-19)16-23-22(24)21(15-20-12-7-13-26-20)18-9-4-3-5-10-18/h3-15H,2,16H2,1H3,(H,23,24)/b21-15+. The summed E-state index contributed by atoms with van der Waals surface area (Å²) in [5.74, 6) is 1.28. The topological polar surface area (TPSA) is 51.5 Å². The van der Waals surface area contributed by atoms with Crippen LogP contribution in [0, 0.1) is 0 Å². The molecule has 0 spiro atoms. The number of carbonyl (C=O) groups is 1. The van der Waals surface area contributed by atoms with Crippen LogP contribution in [0.2, 0.25) is 0 Å². The van der Waals surface area contributed by atoms with Crippen molar-refractivity contribution in [2.75, 3.05) is 6.61 Å². The molecule has 0 fully saturated rings. The van der Waals surface area contributed by atoms with E-state index in [1.165, 1.54) is 0 Å². The van der Waals surface area contributed by atoms with Crippen LogP contribution in [-0.2, 0) is 11.3 Å². The molecule has 26 heavy (non-hydrogen) atoms. The number of furan rings is 1. The summed E-state index contributed by atoms with van der Waals surface area (Å²) in [4.78, 5) is 12.8. The molecule has 132 valence electrons. The maximum atomic E-state index is 12.8. The molecule has 0 bridgehead atoms. The fourth-order valence-corrected chi connectivity index (χ4v) is 2.60. The minimum absolute atomic E-state index is 0.158. The maximum Gasteiger partial charge on any atom is 0.252 e. The number of hydrogen-bond donors (Lipinski definition) is 1. The summed E-state index contributed by atoms with van der Waals surface area (Å²) >= 11 is 0. The smallest absolute Gasteiger partial charge is 0.252 e. The van der Waals surface area contributed by atoms with E-state index in [0.29, 0.717) is 24.5 Å². The Hall–Kier alpha value is -3.27. The molecule has 0 unspecified atom stereocenters. The van der Waals surface area contributed by atoms with Crippen molar-refractivity contribution < 1.29 is 13.9 Å². The quantitative estimate of drug-likeness (QED) is 0.639. The highest BCUT2D eigenvalue weighted by molar-refractivity contribution is 6.23. The van der Waals surface area contributed by atoms with E-state index in [0.717, 1.165) is 16.9 Å². The second-order valence-corrected chi connectivity index (χ2v) is 5.70. The third-order valence-electron chi connectivity index (χ3n) is 3.82. The highest BCUT2D eigenvalue weighted by Gasteiger charge is 2.12. The van der Waals surface area contributed by atoms with E-state index in [1.54, 1.807) is 18.4 Å². The van der Waals surface area contributed by atoms with Crippen LogP contribution in [0.4, 0.5) is 0 Å². The number of ether oxygens (including phenoxy) is 1. The van der Waals surface area contributed by atoms with Crippen LogP contribution in [0.15, 0.2) is 77.4 Å². The van der Waals surface area contributed by atoms with Gasteiger partial charge in [0.25, 0.3) is 5.91 Å². The van der Waals surface area contributed by atoms with Gasteiger partial charge in [0, 0.05) is 6.54 Å². The summed E-state index contributed by atoms with van der Waals surface area (Å²) in [7, 11) is 0. The summed E-state index contributed by atoms with van der Waals surface area (Å²) in [6, 6.07) is 20.9. The summed E-state index contributed by atoms with van der Waals surface area (Å²) in [6.45, 7) is 2.97. The zero-order chi connectivity index (χ0) is 18.2. The first kappa shape index (κ1) is 17.5. The zero-order valence-electron chi connectivity index (χ0n) is 14.6. The Bertz CT molecular complexity index is 867. The molecule has 0 aliphatic heterocycles. The molecule has 3 aromatic rings. The number of carbonyl (C=O) groups excluding carboxylic acids is 1. The van der Waals surface area contributed by atoms with Crippen LogP contribution in [0.5, 0.6) is 5.75 Å². The van der Waals surface area contributed by atoms with E-state index in [2.05, 4.69) is 5.32 Å². The predicted octanol–water partition coefficient (Wildman–Crippen LogP) is 4.54. The highest BCUT2D eigenvalue weighted by atomic mass is 16.5. The lowest BCUT2D eigenvalue weighted by Crippen LogP contribution is -2.23. The Kier molecular flexibility index (Phi) is 5.88. The summed E-state index contributed by atoms with van der Waals surface area (Å²) in [5.41, 5.74) is 2.38. The Balaban J connectivity index is 1.77. The normalized spacial score (nSPS) is 11.2. The van der Waals surface area contributed by atoms with Gasteiger partial charge in [0.05, 0.1) is 18.4 Å². The molecule has 0 radical (unpaired) electrons. The Morgan fingerprint density at radius 3 is 2.65 bits per heavy atom. The van der Waals surface area contributed by atoms with Gasteiger partial charge in [0.1, 0.15) is 11.5 Å². The van der Waals surface area contributed by atoms with Crippen molar-refractivity contribution in [3.05, 3.63) is 89.9 Å². The number of benzene rings is 2. The van der Waals surface area contributed by atoms with Crippen molar-refractivity contribution in [1.82, 2.24) is 5.32 Å². The first-order valence-corrected chi connectivity index (χ1v) is 8.57. The van der Waals surface area contributed by atoms with Gasteiger partial charge < -0.3 is 14.5 Å². The van der Waals surface area contributed by atoms with E-state index in [-0.39, 0.29) is 5.91 Å². The number of amides is 1. The van der Waals surface area contributed by atoms with Gasteiger partial charge in [0.2, 0.25) is 0 Å². The van der Waals surface area contributed by atoms with Gasteiger partial charge in [-0.15, -0.1) is 0 Å². The van der Waals surface area contributed by atoms with E-state index in [9.17, 15) is 4.79 Å². The minimum atomic E-state index is -0.158. The molecule has 3 rings (SSSR count). The molecule has 0 atom stereocenters. The fourth-order valence-electron chi connectivity index (χ4n) is 2.60. The van der Waals surface area contributed by atoms with Gasteiger partial charge in [-0.1, -0.05) is 42.5 Å². The van der Waals surface area contributed by atoms with Crippen molar-refractivity contribution in [2.24, 2.45) is 0 Å². The van der Waals surface area contributed by atoms with E-state index in [4.69, 9.17) is 9.15 Å². The summed E-state index contributed by atoms with van der Waals surface area (Å²) in [6.07, 6.45) is 3.34. The third-order valence-corrected chi connectivity index (χ3v) is 3.82. The SMILES string of the molecule is CCOc1cccc(CNC(=O)/C(=C/c2ccco2)c2ccccc2)c1. The first-order valence-electron chi connectivity index (χ1n) is 8.57. The van der Waals surface area contributed by atoms with Crippen LogP contribution in [0.1, 0.15) is 23.8 Å². The lowest BCUT2D eigenvalue weighted by molar-refractivity contribution is -0.115. The van der Waals surface area contributed by atoms with Crippen LogP contribution >= 0.6 is 0 Å². The maximum absolute atomic E-state index is 12.8. The van der Waals surface area contributed by atoms with Gasteiger partial charge in [-0.05, 0) is 48.4 Å². The van der Waals surface area contributed by atoms with Crippen molar-refractivity contribution in [2.45, 2.75) is 13.5 Å². The van der Waals surface area contributed by atoms with Crippen molar-refractivity contribution in [1.29, 1.82) is 0 Å². The van der Waals surface area contributed by atoms with Gasteiger partial charge in [0.15, 0.2) is 0 Å². The number of hydrogen-bond acceptors (Lipinski definition) is 3. The Labute approximate surface area is 153 Å². The predicted molar refractivity (Wildman–Crippen MR) is 102 cm³/mol. The van der Waals surface area contributed by atoms with E-state index in [1.807, 2.05) is 67.6 Å². The van der Waals surface area contributed by atoms with Crippen LogP contribution in [0.3, 0.4) is 0 Å². The molecule has 4 nitrogen and oxygen atoms in total. The highest BCUT2D eigenvalue weighted by Crippen LogP contribution is 2.19. The largest absolute Gasteiger partial charge is 0.494 e. The van der Waals surface area contributed by atoms with Crippen molar-refractivity contribution >= 4 is 17.6 Å². The van der Waals surface area contributed by atoms with E-state index < -0.39 is 0 Å². The lowest BCUT2D eigenvalue weighted by atomic mass is 10.0. The molecule has 2 aromatic carbocycles. The molecular weight excluding hydrogens is 326 g/mol. The average Bonchev–Trinajstić information content (AvgIpc) is 3.19. The number of rotatable bonds is 7. The molecule has 0 saturated heterocycles. The molecule has 1 amide bonds. The van der Waals surface area contributed by atoms with Crippen molar-refractivity contribution in [3.8, 4) is 5.75 Å². The third kappa shape index (κ3) is 4.63. The molecule has 0 saturated carbocycles. The monoisotopic (exact) mass is 347 g/mol. The van der Waals surface area contributed by atoms with Crippen LogP contribution < -0.4 is 10.1 Å². The summed E-state index contributed by atoms with van der Waals surface area (Å²) < 4.78 is 10.9. The second kappa shape index (κ2) is 8.72. The van der Waals surface area contributed by atoms with Gasteiger partial charge in [-0.2, -0.15) is 0 Å². The zero-order valence-corrected chi connectivity index (χ0v) is 14.6. The molecular formula is C22H21NO3.